The second kappa shape index (κ2) is 5.57. The molecule has 2 heterocycles. The fraction of sp³-hybridized carbons (Fsp3) is 0.588. The molecule has 0 spiro atoms. The van der Waals surface area contributed by atoms with Crippen LogP contribution in [0.3, 0.4) is 0 Å². The van der Waals surface area contributed by atoms with Crippen LogP contribution in [0.15, 0.2) is 24.3 Å². The van der Waals surface area contributed by atoms with Crippen LogP contribution >= 0.6 is 0 Å². The molecule has 0 bridgehead atoms. The molecule has 3 rings (SSSR count). The molecule has 0 aromatic heterocycles. The lowest BCUT2D eigenvalue weighted by Crippen LogP contribution is -2.47. The summed E-state index contributed by atoms with van der Waals surface area (Å²) < 4.78 is 0. The lowest BCUT2D eigenvalue weighted by atomic mass is 9.87. The minimum atomic E-state index is -0.00236. The molecule has 0 radical (unpaired) electrons. The third kappa shape index (κ3) is 2.59. The molecule has 3 nitrogen and oxygen atoms in total. The summed E-state index contributed by atoms with van der Waals surface area (Å²) in [5.41, 5.74) is 2.50. The average Bonchev–Trinajstić information content (AvgIpc) is 2.45. The third-order valence-electron chi connectivity index (χ3n) is 4.57. The minimum Gasteiger partial charge on any atom is -0.342 e. The maximum atomic E-state index is 12.9. The van der Waals surface area contributed by atoms with Gasteiger partial charge in [0.05, 0.1) is 5.92 Å². The Morgan fingerprint density at radius 1 is 1.20 bits per heavy atom. The van der Waals surface area contributed by atoms with E-state index < -0.39 is 0 Å². The highest BCUT2D eigenvalue weighted by atomic mass is 16.2. The molecular formula is C17H24N2O. The van der Waals surface area contributed by atoms with Gasteiger partial charge >= 0.3 is 0 Å². The summed E-state index contributed by atoms with van der Waals surface area (Å²) in [7, 11) is 0. The van der Waals surface area contributed by atoms with Crippen molar-refractivity contribution in [1.82, 2.24) is 10.2 Å². The van der Waals surface area contributed by atoms with Crippen LogP contribution in [0.1, 0.15) is 37.3 Å². The number of amides is 1. The molecule has 1 aromatic carbocycles. The van der Waals surface area contributed by atoms with E-state index in [1.54, 1.807) is 0 Å². The summed E-state index contributed by atoms with van der Waals surface area (Å²) in [5.74, 6) is 1.55. The fourth-order valence-corrected chi connectivity index (χ4v) is 3.78. The molecule has 2 aliphatic rings. The van der Waals surface area contributed by atoms with Gasteiger partial charge in [-0.1, -0.05) is 38.1 Å². The number of nitrogens with zero attached hydrogens (tertiary/aromatic N) is 1. The average molecular weight is 272 g/mol. The highest BCUT2D eigenvalue weighted by molar-refractivity contribution is 5.85. The first-order valence-electron chi connectivity index (χ1n) is 7.72. The number of carbonyl (C=O) groups excluding carboxylic acids is 1. The van der Waals surface area contributed by atoms with E-state index in [1.807, 2.05) is 6.07 Å². The zero-order chi connectivity index (χ0) is 14.1. The van der Waals surface area contributed by atoms with E-state index >= 15 is 0 Å². The molecule has 0 saturated carbocycles. The SMILES string of the molecule is CC1CC(C)CN(C(=O)C2CNCc3ccccc32)C1. The Morgan fingerprint density at radius 3 is 2.65 bits per heavy atom. The second-order valence-electron chi connectivity index (χ2n) is 6.57. The van der Waals surface area contributed by atoms with Crippen molar-refractivity contribution in [3.05, 3.63) is 35.4 Å². The zero-order valence-electron chi connectivity index (χ0n) is 12.4. The molecular weight excluding hydrogens is 248 g/mol. The molecule has 0 aliphatic carbocycles. The quantitative estimate of drug-likeness (QED) is 0.851. The van der Waals surface area contributed by atoms with Gasteiger partial charge in [0.15, 0.2) is 0 Å². The lowest BCUT2D eigenvalue weighted by Gasteiger charge is -2.38. The predicted molar refractivity (Wildman–Crippen MR) is 80.4 cm³/mol. The van der Waals surface area contributed by atoms with Gasteiger partial charge in [0.25, 0.3) is 0 Å². The lowest BCUT2D eigenvalue weighted by molar-refractivity contribution is -0.135. The molecule has 3 unspecified atom stereocenters. The van der Waals surface area contributed by atoms with E-state index in [4.69, 9.17) is 0 Å². The van der Waals surface area contributed by atoms with Gasteiger partial charge in [0.2, 0.25) is 5.91 Å². The van der Waals surface area contributed by atoms with E-state index in [-0.39, 0.29) is 5.92 Å². The van der Waals surface area contributed by atoms with Gasteiger partial charge in [-0.3, -0.25) is 4.79 Å². The number of benzene rings is 1. The summed E-state index contributed by atoms with van der Waals surface area (Å²) in [5, 5.41) is 3.39. The molecule has 1 fully saturated rings. The molecule has 2 aliphatic heterocycles. The van der Waals surface area contributed by atoms with Gasteiger partial charge in [-0.15, -0.1) is 0 Å². The summed E-state index contributed by atoms with van der Waals surface area (Å²) in [4.78, 5) is 15.0. The van der Waals surface area contributed by atoms with Gasteiger partial charge in [-0.05, 0) is 29.4 Å². The Labute approximate surface area is 121 Å². The van der Waals surface area contributed by atoms with Gasteiger partial charge in [-0.25, -0.2) is 0 Å². The maximum absolute atomic E-state index is 12.9. The van der Waals surface area contributed by atoms with E-state index in [0.717, 1.165) is 26.2 Å². The van der Waals surface area contributed by atoms with Gasteiger partial charge in [0, 0.05) is 26.2 Å². The number of piperidine rings is 1. The van der Waals surface area contributed by atoms with Gasteiger partial charge in [0.1, 0.15) is 0 Å². The van der Waals surface area contributed by atoms with Crippen LogP contribution in [0, 0.1) is 11.8 Å². The number of fused-ring (bicyclic) bond motifs is 1. The number of hydrogen-bond donors (Lipinski definition) is 1. The number of nitrogens with one attached hydrogen (secondary N) is 1. The Bertz CT molecular complexity index is 490. The molecule has 20 heavy (non-hydrogen) atoms. The molecule has 1 amide bonds. The van der Waals surface area contributed by atoms with Gasteiger partial charge in [-0.2, -0.15) is 0 Å². The topological polar surface area (TPSA) is 32.3 Å². The van der Waals surface area contributed by atoms with Crippen molar-refractivity contribution in [3.8, 4) is 0 Å². The summed E-state index contributed by atoms with van der Waals surface area (Å²) in [6, 6.07) is 8.35. The standard InChI is InChI=1S/C17H24N2O/c1-12-7-13(2)11-19(10-12)17(20)16-9-18-8-14-5-3-4-6-15(14)16/h3-6,12-13,16,18H,7-11H2,1-2H3. The summed E-state index contributed by atoms with van der Waals surface area (Å²) >= 11 is 0. The Kier molecular flexibility index (Phi) is 3.79. The summed E-state index contributed by atoms with van der Waals surface area (Å²) in [6.07, 6.45) is 1.24. The van der Waals surface area contributed by atoms with Crippen molar-refractivity contribution in [2.24, 2.45) is 11.8 Å². The third-order valence-corrected chi connectivity index (χ3v) is 4.57. The Hall–Kier alpha value is -1.35. The van der Waals surface area contributed by atoms with Crippen LogP contribution in [0.4, 0.5) is 0 Å². The van der Waals surface area contributed by atoms with Crippen molar-refractivity contribution in [1.29, 1.82) is 0 Å². The first-order chi connectivity index (χ1) is 9.65. The second-order valence-corrected chi connectivity index (χ2v) is 6.57. The van der Waals surface area contributed by atoms with Crippen molar-refractivity contribution >= 4 is 5.91 Å². The van der Waals surface area contributed by atoms with Gasteiger partial charge < -0.3 is 10.2 Å². The molecule has 108 valence electrons. The number of likely N-dealkylation sites (tertiary alicyclic amines) is 1. The first-order valence-corrected chi connectivity index (χ1v) is 7.72. The predicted octanol–water partition coefficient (Wildman–Crippen LogP) is 2.38. The van der Waals surface area contributed by atoms with E-state index in [2.05, 4.69) is 42.3 Å². The van der Waals surface area contributed by atoms with Crippen LogP contribution in [0.5, 0.6) is 0 Å². The fourth-order valence-electron chi connectivity index (χ4n) is 3.78. The van der Waals surface area contributed by atoms with Crippen molar-refractivity contribution in [2.75, 3.05) is 19.6 Å². The minimum absolute atomic E-state index is 0.00236. The highest BCUT2D eigenvalue weighted by Gasteiger charge is 2.33. The summed E-state index contributed by atoms with van der Waals surface area (Å²) in [6.45, 7) is 8.00. The number of hydrogen-bond acceptors (Lipinski definition) is 2. The zero-order valence-corrected chi connectivity index (χ0v) is 12.4. The first kappa shape index (κ1) is 13.6. The largest absolute Gasteiger partial charge is 0.342 e. The molecule has 3 atom stereocenters. The highest BCUT2D eigenvalue weighted by Crippen LogP contribution is 2.28. The molecule has 1 aromatic rings. The van der Waals surface area contributed by atoms with Crippen LogP contribution in [0.2, 0.25) is 0 Å². The maximum Gasteiger partial charge on any atom is 0.231 e. The Morgan fingerprint density at radius 2 is 1.90 bits per heavy atom. The monoisotopic (exact) mass is 272 g/mol. The van der Waals surface area contributed by atoms with E-state index in [1.165, 1.54) is 17.5 Å². The smallest absolute Gasteiger partial charge is 0.231 e. The number of rotatable bonds is 1. The van der Waals surface area contributed by atoms with Crippen molar-refractivity contribution < 1.29 is 4.79 Å². The molecule has 1 saturated heterocycles. The number of carbonyl (C=O) groups is 1. The van der Waals surface area contributed by atoms with Crippen LogP contribution < -0.4 is 5.32 Å². The van der Waals surface area contributed by atoms with Crippen molar-refractivity contribution in [3.63, 3.8) is 0 Å². The van der Waals surface area contributed by atoms with Crippen LogP contribution in [-0.2, 0) is 11.3 Å². The Balaban J connectivity index is 1.81. The normalized spacial score (nSPS) is 29.9. The van der Waals surface area contributed by atoms with E-state index in [9.17, 15) is 4.79 Å². The van der Waals surface area contributed by atoms with Crippen molar-refractivity contribution in [2.45, 2.75) is 32.7 Å². The molecule has 3 heteroatoms. The van der Waals surface area contributed by atoms with Crippen LogP contribution in [0.25, 0.3) is 0 Å². The van der Waals surface area contributed by atoms with E-state index in [0.29, 0.717) is 17.7 Å². The van der Waals surface area contributed by atoms with Crippen LogP contribution in [-0.4, -0.2) is 30.4 Å². The molecule has 1 N–H and O–H groups in total.